The van der Waals surface area contributed by atoms with Crippen LogP contribution in [0.25, 0.3) is 0 Å². The summed E-state index contributed by atoms with van der Waals surface area (Å²) in [6.07, 6.45) is 1.06. The van der Waals surface area contributed by atoms with E-state index in [-0.39, 0.29) is 12.1 Å². The van der Waals surface area contributed by atoms with Crippen molar-refractivity contribution in [1.82, 2.24) is 0 Å². The maximum Gasteiger partial charge on any atom is 0.232 e. The van der Waals surface area contributed by atoms with Gasteiger partial charge in [-0.15, -0.1) is 0 Å². The molecular weight excluding hydrogens is 196 g/mol. The van der Waals surface area contributed by atoms with Crippen LogP contribution in [-0.4, -0.2) is 40.8 Å². The van der Waals surface area contributed by atoms with Crippen LogP contribution in [-0.2, 0) is 0 Å². The second-order valence-corrected chi connectivity index (χ2v) is 5.57. The summed E-state index contributed by atoms with van der Waals surface area (Å²) < 4.78 is 0. The summed E-state index contributed by atoms with van der Waals surface area (Å²) in [5.74, 6) is 0. The zero-order chi connectivity index (χ0) is 11.7. The SMILES string of the molecule is CC(C)(C)[NH+]1CCC(O)(C[N+](=O)[O-])CC1. The van der Waals surface area contributed by atoms with Crippen LogP contribution in [0.2, 0.25) is 0 Å². The van der Waals surface area contributed by atoms with Crippen molar-refractivity contribution in [2.75, 3.05) is 19.6 Å². The van der Waals surface area contributed by atoms with E-state index in [1.165, 1.54) is 4.90 Å². The minimum absolute atomic E-state index is 0.163. The molecule has 0 aromatic heterocycles. The lowest BCUT2D eigenvalue weighted by Gasteiger charge is -2.39. The van der Waals surface area contributed by atoms with Crippen molar-refractivity contribution < 1.29 is 14.9 Å². The summed E-state index contributed by atoms with van der Waals surface area (Å²) >= 11 is 0. The molecule has 1 aliphatic rings. The van der Waals surface area contributed by atoms with Gasteiger partial charge >= 0.3 is 0 Å². The molecule has 88 valence electrons. The molecular formula is C10H21N2O3+. The fourth-order valence-corrected chi connectivity index (χ4v) is 2.17. The van der Waals surface area contributed by atoms with E-state index in [4.69, 9.17) is 0 Å². The first-order chi connectivity index (χ1) is 6.73. The van der Waals surface area contributed by atoms with Gasteiger partial charge in [0, 0.05) is 17.8 Å². The first-order valence-electron chi connectivity index (χ1n) is 5.42. The quantitative estimate of drug-likeness (QED) is 0.483. The molecule has 1 saturated heterocycles. The molecule has 0 spiro atoms. The molecule has 1 rings (SSSR count). The van der Waals surface area contributed by atoms with Gasteiger partial charge in [-0.1, -0.05) is 0 Å². The molecule has 15 heavy (non-hydrogen) atoms. The summed E-state index contributed by atoms with van der Waals surface area (Å²) in [6, 6.07) is 0. The molecule has 0 radical (unpaired) electrons. The predicted octanol–water partition coefficient (Wildman–Crippen LogP) is -0.529. The van der Waals surface area contributed by atoms with E-state index in [2.05, 4.69) is 20.8 Å². The smallest absolute Gasteiger partial charge is 0.232 e. The normalized spacial score (nSPS) is 32.7. The molecule has 5 heteroatoms. The summed E-state index contributed by atoms with van der Waals surface area (Å²) in [4.78, 5) is 11.4. The maximum atomic E-state index is 10.4. The van der Waals surface area contributed by atoms with Crippen molar-refractivity contribution in [2.45, 2.75) is 44.8 Å². The van der Waals surface area contributed by atoms with Gasteiger partial charge in [-0.2, -0.15) is 0 Å². The largest absolute Gasteiger partial charge is 0.383 e. The Balaban J connectivity index is 2.51. The summed E-state index contributed by atoms with van der Waals surface area (Å²) in [7, 11) is 0. The fraction of sp³-hybridized carbons (Fsp3) is 1.00. The van der Waals surface area contributed by atoms with Crippen molar-refractivity contribution in [3.63, 3.8) is 0 Å². The van der Waals surface area contributed by atoms with Crippen LogP contribution in [0, 0.1) is 10.1 Å². The van der Waals surface area contributed by atoms with E-state index < -0.39 is 10.5 Å². The molecule has 1 aliphatic heterocycles. The third-order valence-corrected chi connectivity index (χ3v) is 3.27. The standard InChI is InChI=1S/C10H20N2O3/c1-9(2,3)11-6-4-10(13,5-7-11)8-12(14)15/h13H,4-8H2,1-3H3/p+1. The molecule has 0 atom stereocenters. The van der Waals surface area contributed by atoms with E-state index in [1.54, 1.807) is 0 Å². The summed E-state index contributed by atoms with van der Waals surface area (Å²) in [5, 5.41) is 20.4. The van der Waals surface area contributed by atoms with Crippen LogP contribution in [0.15, 0.2) is 0 Å². The van der Waals surface area contributed by atoms with Crippen LogP contribution < -0.4 is 4.90 Å². The topological polar surface area (TPSA) is 67.8 Å². The van der Waals surface area contributed by atoms with Crippen molar-refractivity contribution in [2.24, 2.45) is 0 Å². The number of rotatable bonds is 2. The molecule has 5 nitrogen and oxygen atoms in total. The Bertz CT molecular complexity index is 240. The average Bonchev–Trinajstić information content (AvgIpc) is 2.00. The number of nitrogens with one attached hydrogen (secondary N) is 1. The Morgan fingerprint density at radius 1 is 1.40 bits per heavy atom. The molecule has 0 aromatic carbocycles. The number of hydrogen-bond acceptors (Lipinski definition) is 3. The monoisotopic (exact) mass is 217 g/mol. The zero-order valence-electron chi connectivity index (χ0n) is 9.75. The highest BCUT2D eigenvalue weighted by Gasteiger charge is 2.41. The minimum atomic E-state index is -1.07. The van der Waals surface area contributed by atoms with Gasteiger partial charge in [-0.25, -0.2) is 0 Å². The van der Waals surface area contributed by atoms with Gasteiger partial charge in [0.25, 0.3) is 0 Å². The highest BCUT2D eigenvalue weighted by Crippen LogP contribution is 2.17. The van der Waals surface area contributed by atoms with E-state index in [0.29, 0.717) is 12.8 Å². The van der Waals surface area contributed by atoms with Crippen LogP contribution in [0.3, 0.4) is 0 Å². The number of nitrogens with zero attached hydrogens (tertiary/aromatic N) is 1. The lowest BCUT2D eigenvalue weighted by atomic mass is 9.89. The third kappa shape index (κ3) is 3.43. The fourth-order valence-electron chi connectivity index (χ4n) is 2.17. The second-order valence-electron chi connectivity index (χ2n) is 5.57. The first-order valence-corrected chi connectivity index (χ1v) is 5.42. The van der Waals surface area contributed by atoms with Gasteiger partial charge in [0.2, 0.25) is 6.54 Å². The molecule has 1 heterocycles. The van der Waals surface area contributed by atoms with Gasteiger partial charge in [0.1, 0.15) is 5.60 Å². The Kier molecular flexibility index (Phi) is 3.35. The van der Waals surface area contributed by atoms with Crippen LogP contribution in [0.5, 0.6) is 0 Å². The molecule has 0 amide bonds. The minimum Gasteiger partial charge on any atom is -0.383 e. The maximum absolute atomic E-state index is 10.4. The Labute approximate surface area is 90.2 Å². The lowest BCUT2D eigenvalue weighted by molar-refractivity contribution is -0.953. The van der Waals surface area contributed by atoms with Gasteiger partial charge < -0.3 is 10.0 Å². The zero-order valence-corrected chi connectivity index (χ0v) is 9.75. The van der Waals surface area contributed by atoms with Gasteiger partial charge in [0.05, 0.1) is 18.6 Å². The number of aliphatic hydroxyl groups is 1. The number of likely N-dealkylation sites (tertiary alicyclic amines) is 1. The Hall–Kier alpha value is -0.680. The van der Waals surface area contributed by atoms with Gasteiger partial charge in [-0.05, 0) is 20.8 Å². The van der Waals surface area contributed by atoms with Crippen molar-refractivity contribution in [1.29, 1.82) is 0 Å². The van der Waals surface area contributed by atoms with Crippen molar-refractivity contribution >= 4 is 0 Å². The number of nitro groups is 1. The van der Waals surface area contributed by atoms with Crippen molar-refractivity contribution in [3.05, 3.63) is 10.1 Å². The Morgan fingerprint density at radius 2 is 1.87 bits per heavy atom. The van der Waals surface area contributed by atoms with Crippen LogP contribution in [0.1, 0.15) is 33.6 Å². The number of hydrogen-bond donors (Lipinski definition) is 2. The molecule has 2 N–H and O–H groups in total. The third-order valence-electron chi connectivity index (χ3n) is 3.27. The van der Waals surface area contributed by atoms with E-state index in [9.17, 15) is 15.2 Å². The molecule has 1 fully saturated rings. The highest BCUT2D eigenvalue weighted by molar-refractivity contribution is 4.80. The van der Waals surface area contributed by atoms with Crippen molar-refractivity contribution in [3.8, 4) is 0 Å². The molecule has 0 bridgehead atoms. The van der Waals surface area contributed by atoms with Gasteiger partial charge in [0.15, 0.2) is 0 Å². The summed E-state index contributed by atoms with van der Waals surface area (Å²) in [5.41, 5.74) is -0.909. The summed E-state index contributed by atoms with van der Waals surface area (Å²) in [6.45, 7) is 7.77. The number of piperidine rings is 1. The van der Waals surface area contributed by atoms with E-state index in [0.717, 1.165) is 13.1 Å². The van der Waals surface area contributed by atoms with E-state index >= 15 is 0 Å². The predicted molar refractivity (Wildman–Crippen MR) is 56.5 cm³/mol. The Morgan fingerprint density at radius 3 is 2.20 bits per heavy atom. The average molecular weight is 217 g/mol. The molecule has 0 aliphatic carbocycles. The molecule has 0 unspecified atom stereocenters. The second kappa shape index (κ2) is 4.06. The number of quaternary nitrogens is 1. The van der Waals surface area contributed by atoms with Crippen LogP contribution in [0.4, 0.5) is 0 Å². The van der Waals surface area contributed by atoms with Gasteiger partial charge in [-0.3, -0.25) is 10.1 Å². The molecule has 0 aromatic rings. The van der Waals surface area contributed by atoms with E-state index in [1.807, 2.05) is 0 Å². The lowest BCUT2D eigenvalue weighted by Crippen LogP contribution is -3.20. The molecule has 0 saturated carbocycles. The first kappa shape index (κ1) is 12.4. The highest BCUT2D eigenvalue weighted by atomic mass is 16.6. The van der Waals surface area contributed by atoms with Crippen LogP contribution >= 0.6 is 0 Å².